The zero-order chi connectivity index (χ0) is 16.1. The van der Waals surface area contributed by atoms with E-state index in [4.69, 9.17) is 5.11 Å². The third-order valence-corrected chi connectivity index (χ3v) is 4.89. The van der Waals surface area contributed by atoms with E-state index in [0.717, 1.165) is 12.8 Å². The van der Waals surface area contributed by atoms with Crippen LogP contribution in [0.5, 0.6) is 0 Å². The number of rotatable bonds is 7. The lowest BCUT2D eigenvalue weighted by molar-refractivity contribution is -0.138. The molecular formula is C15H22N2O4S. The number of aryl methyl sites for hydroxylation is 1. The number of β-amino-alcohol motifs (C(OH)–C–C–N with tert-alkyl or cyclic N) is 1. The number of likely N-dealkylation sites (N-methyl/N-ethyl adjacent to an activating group) is 1. The molecule has 7 heteroatoms. The second-order valence-electron chi connectivity index (χ2n) is 5.68. The molecule has 0 aliphatic carbocycles. The van der Waals surface area contributed by atoms with Crippen molar-refractivity contribution in [1.82, 2.24) is 9.80 Å². The number of nitrogens with zero attached hydrogens (tertiary/aromatic N) is 2. The van der Waals surface area contributed by atoms with Crippen LogP contribution in [0.15, 0.2) is 17.5 Å². The fraction of sp³-hybridized carbons (Fsp3) is 0.600. The summed E-state index contributed by atoms with van der Waals surface area (Å²) in [5.41, 5.74) is 0. The van der Waals surface area contributed by atoms with Gasteiger partial charge in [-0.2, -0.15) is 0 Å². The van der Waals surface area contributed by atoms with Gasteiger partial charge in [0, 0.05) is 24.4 Å². The number of hydrogen-bond acceptors (Lipinski definition) is 5. The molecule has 2 N–H and O–H groups in total. The molecule has 0 spiro atoms. The van der Waals surface area contributed by atoms with E-state index in [-0.39, 0.29) is 25.0 Å². The lowest BCUT2D eigenvalue weighted by atomic mass is 10.2. The minimum atomic E-state index is -0.935. The van der Waals surface area contributed by atoms with Gasteiger partial charge in [-0.25, -0.2) is 0 Å². The SMILES string of the molecule is CN(CC(=O)O)[C@H]1CN(C(=O)CCCc2cccs2)C[C@H]1O. The predicted molar refractivity (Wildman–Crippen MR) is 83.9 cm³/mol. The zero-order valence-electron chi connectivity index (χ0n) is 12.6. The molecule has 1 aromatic rings. The highest BCUT2D eigenvalue weighted by molar-refractivity contribution is 7.09. The summed E-state index contributed by atoms with van der Waals surface area (Å²) in [5, 5.41) is 20.9. The van der Waals surface area contributed by atoms with E-state index in [1.165, 1.54) is 4.88 Å². The first-order valence-corrected chi connectivity index (χ1v) is 8.25. The highest BCUT2D eigenvalue weighted by atomic mass is 32.1. The standard InChI is InChI=1S/C15H22N2O4S/c1-16(10-15(20)21)12-8-17(9-13(12)18)14(19)6-2-4-11-5-3-7-22-11/h3,5,7,12-13,18H,2,4,6,8-10H2,1H3,(H,20,21)/t12-,13+/m0/s1. The first-order chi connectivity index (χ1) is 10.5. The normalized spacial score (nSPS) is 21.5. The van der Waals surface area contributed by atoms with Crippen LogP contribution in [0.25, 0.3) is 0 Å². The number of carbonyl (C=O) groups is 2. The summed E-state index contributed by atoms with van der Waals surface area (Å²) >= 11 is 1.69. The van der Waals surface area contributed by atoms with Crippen molar-refractivity contribution in [3.63, 3.8) is 0 Å². The molecule has 1 saturated heterocycles. The Hall–Kier alpha value is -1.44. The van der Waals surface area contributed by atoms with Gasteiger partial charge in [0.2, 0.25) is 5.91 Å². The summed E-state index contributed by atoms with van der Waals surface area (Å²) in [4.78, 5) is 27.4. The fourth-order valence-corrected chi connectivity index (χ4v) is 3.51. The number of amides is 1. The van der Waals surface area contributed by atoms with Crippen LogP contribution in [-0.4, -0.2) is 70.7 Å². The van der Waals surface area contributed by atoms with Gasteiger partial charge in [-0.1, -0.05) is 6.07 Å². The van der Waals surface area contributed by atoms with Crippen molar-refractivity contribution in [1.29, 1.82) is 0 Å². The number of aliphatic hydroxyl groups excluding tert-OH is 1. The zero-order valence-corrected chi connectivity index (χ0v) is 13.5. The summed E-state index contributed by atoms with van der Waals surface area (Å²) in [6.07, 6.45) is 1.45. The lowest BCUT2D eigenvalue weighted by Crippen LogP contribution is -2.43. The molecule has 0 aromatic carbocycles. The number of aliphatic carboxylic acids is 1. The van der Waals surface area contributed by atoms with Gasteiger partial charge in [0.15, 0.2) is 0 Å². The van der Waals surface area contributed by atoms with Crippen molar-refractivity contribution >= 4 is 23.2 Å². The molecule has 1 aliphatic heterocycles. The molecule has 0 radical (unpaired) electrons. The van der Waals surface area contributed by atoms with Crippen LogP contribution in [-0.2, 0) is 16.0 Å². The van der Waals surface area contributed by atoms with Crippen molar-refractivity contribution in [2.75, 3.05) is 26.7 Å². The second-order valence-corrected chi connectivity index (χ2v) is 6.71. The summed E-state index contributed by atoms with van der Waals surface area (Å²) < 4.78 is 0. The minimum absolute atomic E-state index is 0.0295. The van der Waals surface area contributed by atoms with Gasteiger partial charge in [0.1, 0.15) is 0 Å². The smallest absolute Gasteiger partial charge is 0.317 e. The van der Waals surface area contributed by atoms with Gasteiger partial charge in [-0.3, -0.25) is 14.5 Å². The number of carbonyl (C=O) groups excluding carboxylic acids is 1. The van der Waals surface area contributed by atoms with Gasteiger partial charge in [-0.05, 0) is 31.3 Å². The van der Waals surface area contributed by atoms with Gasteiger partial charge in [-0.15, -0.1) is 11.3 Å². The van der Waals surface area contributed by atoms with Gasteiger partial charge >= 0.3 is 5.97 Å². The van der Waals surface area contributed by atoms with Crippen LogP contribution in [0.1, 0.15) is 17.7 Å². The highest BCUT2D eigenvalue weighted by Gasteiger charge is 2.36. The first-order valence-electron chi connectivity index (χ1n) is 7.37. The molecule has 2 rings (SSSR count). The van der Waals surface area contributed by atoms with Crippen molar-refractivity contribution in [2.24, 2.45) is 0 Å². The Morgan fingerprint density at radius 3 is 2.86 bits per heavy atom. The maximum absolute atomic E-state index is 12.2. The average Bonchev–Trinajstić information content (AvgIpc) is 3.07. The van der Waals surface area contributed by atoms with E-state index in [2.05, 4.69) is 6.07 Å². The van der Waals surface area contributed by atoms with Crippen LogP contribution in [0.2, 0.25) is 0 Å². The Kier molecular flexibility index (Phi) is 5.93. The van der Waals surface area contributed by atoms with E-state index < -0.39 is 12.1 Å². The van der Waals surface area contributed by atoms with Gasteiger partial charge in [0.05, 0.1) is 18.7 Å². The lowest BCUT2D eigenvalue weighted by Gasteiger charge is -2.24. The maximum Gasteiger partial charge on any atom is 0.317 e. The Morgan fingerprint density at radius 2 is 2.23 bits per heavy atom. The summed E-state index contributed by atoms with van der Waals surface area (Å²) in [6, 6.07) is 3.75. The molecule has 1 amide bonds. The Balaban J connectivity index is 1.78. The summed E-state index contributed by atoms with van der Waals surface area (Å²) in [7, 11) is 1.66. The first kappa shape index (κ1) is 16.9. The molecule has 122 valence electrons. The monoisotopic (exact) mass is 326 g/mol. The molecule has 1 aromatic heterocycles. The van der Waals surface area contributed by atoms with Crippen molar-refractivity contribution in [3.8, 4) is 0 Å². The highest BCUT2D eigenvalue weighted by Crippen LogP contribution is 2.18. The second kappa shape index (κ2) is 7.71. The maximum atomic E-state index is 12.2. The Morgan fingerprint density at radius 1 is 1.45 bits per heavy atom. The molecule has 1 fully saturated rings. The third-order valence-electron chi connectivity index (χ3n) is 3.96. The number of carboxylic acids is 1. The van der Waals surface area contributed by atoms with E-state index >= 15 is 0 Å². The number of thiophene rings is 1. The molecule has 0 bridgehead atoms. The van der Waals surface area contributed by atoms with Crippen LogP contribution >= 0.6 is 11.3 Å². The van der Waals surface area contributed by atoms with Crippen LogP contribution in [0.4, 0.5) is 0 Å². The molecule has 2 heterocycles. The average molecular weight is 326 g/mol. The Bertz CT molecular complexity index is 506. The van der Waals surface area contributed by atoms with Crippen LogP contribution in [0, 0.1) is 0 Å². The Labute approximate surface area is 134 Å². The van der Waals surface area contributed by atoms with Crippen molar-refractivity contribution in [3.05, 3.63) is 22.4 Å². The molecule has 6 nitrogen and oxygen atoms in total. The summed E-state index contributed by atoms with van der Waals surface area (Å²) in [5.74, 6) is -0.905. The van der Waals surface area contributed by atoms with E-state index in [0.29, 0.717) is 13.0 Å². The van der Waals surface area contributed by atoms with E-state index in [9.17, 15) is 14.7 Å². The number of aliphatic hydroxyl groups is 1. The third kappa shape index (κ3) is 4.53. The largest absolute Gasteiger partial charge is 0.480 e. The number of carboxylic acid groups (broad SMARTS) is 1. The number of hydrogen-bond donors (Lipinski definition) is 2. The van der Waals surface area contributed by atoms with Gasteiger partial charge in [0.25, 0.3) is 0 Å². The number of likely N-dealkylation sites (tertiary alicyclic amines) is 1. The molecule has 2 atom stereocenters. The molecule has 0 saturated carbocycles. The van der Waals surface area contributed by atoms with E-state index in [1.54, 1.807) is 28.2 Å². The molecule has 0 unspecified atom stereocenters. The van der Waals surface area contributed by atoms with Gasteiger partial charge < -0.3 is 15.1 Å². The molecular weight excluding hydrogens is 304 g/mol. The van der Waals surface area contributed by atoms with Crippen LogP contribution < -0.4 is 0 Å². The van der Waals surface area contributed by atoms with Crippen molar-refractivity contribution < 1.29 is 19.8 Å². The predicted octanol–water partition coefficient (Wildman–Crippen LogP) is 0.659. The topological polar surface area (TPSA) is 81.1 Å². The molecule has 1 aliphatic rings. The van der Waals surface area contributed by atoms with E-state index in [1.807, 2.05) is 11.4 Å². The van der Waals surface area contributed by atoms with Crippen molar-refractivity contribution in [2.45, 2.75) is 31.4 Å². The quantitative estimate of drug-likeness (QED) is 0.769. The van der Waals surface area contributed by atoms with Crippen LogP contribution in [0.3, 0.4) is 0 Å². The minimum Gasteiger partial charge on any atom is -0.480 e. The summed E-state index contributed by atoms with van der Waals surface area (Å²) in [6.45, 7) is 0.539. The fourth-order valence-electron chi connectivity index (χ4n) is 2.76. The molecule has 22 heavy (non-hydrogen) atoms.